The minimum Gasteiger partial charge on any atom is -0.329 e. The molecule has 112 valence electrons. The fourth-order valence-corrected chi connectivity index (χ4v) is 4.12. The molecule has 0 saturated carbocycles. The monoisotopic (exact) mass is 267 g/mol. The van der Waals surface area contributed by atoms with Crippen molar-refractivity contribution in [2.24, 2.45) is 11.7 Å². The number of piperidine rings is 2. The fraction of sp³-hybridized carbons (Fsp3) is 1.00. The Morgan fingerprint density at radius 1 is 1.11 bits per heavy atom. The van der Waals surface area contributed by atoms with Gasteiger partial charge in [0.25, 0.3) is 0 Å². The second-order valence-corrected chi connectivity index (χ2v) is 7.04. The van der Waals surface area contributed by atoms with Crippen LogP contribution in [0.15, 0.2) is 0 Å². The van der Waals surface area contributed by atoms with Gasteiger partial charge in [-0.3, -0.25) is 4.90 Å². The Bertz CT molecular complexity index is 259. The summed E-state index contributed by atoms with van der Waals surface area (Å²) in [6.07, 6.45) is 6.72. The van der Waals surface area contributed by atoms with Gasteiger partial charge in [-0.2, -0.15) is 0 Å². The van der Waals surface area contributed by atoms with Gasteiger partial charge in [-0.15, -0.1) is 0 Å². The zero-order chi connectivity index (χ0) is 13.8. The van der Waals surface area contributed by atoms with Crippen molar-refractivity contribution >= 4 is 0 Å². The number of likely N-dealkylation sites (tertiary alicyclic amines) is 2. The van der Waals surface area contributed by atoms with Gasteiger partial charge in [0.2, 0.25) is 0 Å². The Hall–Kier alpha value is -0.120. The summed E-state index contributed by atoms with van der Waals surface area (Å²) in [6, 6.07) is 2.17. The van der Waals surface area contributed by atoms with E-state index in [1.54, 1.807) is 0 Å². The SMILES string of the molecule is CC(C)CN1CCC(N2C(C)CCCC2CN)CC1. The van der Waals surface area contributed by atoms with Crippen LogP contribution in [-0.4, -0.2) is 54.1 Å². The topological polar surface area (TPSA) is 32.5 Å². The van der Waals surface area contributed by atoms with Crippen molar-refractivity contribution in [3.8, 4) is 0 Å². The lowest BCUT2D eigenvalue weighted by Crippen LogP contribution is -2.56. The Kier molecular flexibility index (Phi) is 5.67. The second-order valence-electron chi connectivity index (χ2n) is 7.04. The summed E-state index contributed by atoms with van der Waals surface area (Å²) in [5.74, 6) is 0.794. The molecule has 0 bridgehead atoms. The summed E-state index contributed by atoms with van der Waals surface area (Å²) >= 11 is 0. The van der Waals surface area contributed by atoms with Gasteiger partial charge in [0.05, 0.1) is 0 Å². The second kappa shape index (κ2) is 7.05. The van der Waals surface area contributed by atoms with E-state index in [0.29, 0.717) is 6.04 Å². The summed E-state index contributed by atoms with van der Waals surface area (Å²) in [4.78, 5) is 5.42. The number of nitrogens with two attached hydrogens (primary N) is 1. The smallest absolute Gasteiger partial charge is 0.0224 e. The lowest BCUT2D eigenvalue weighted by Gasteiger charge is -2.48. The fourth-order valence-electron chi connectivity index (χ4n) is 4.12. The molecule has 2 rings (SSSR count). The first-order chi connectivity index (χ1) is 9.11. The molecule has 2 heterocycles. The predicted octanol–water partition coefficient (Wildman–Crippen LogP) is 2.31. The van der Waals surface area contributed by atoms with E-state index >= 15 is 0 Å². The normalized spacial score (nSPS) is 32.1. The van der Waals surface area contributed by atoms with E-state index in [1.165, 1.54) is 51.7 Å². The third-order valence-electron chi connectivity index (χ3n) is 4.96. The van der Waals surface area contributed by atoms with Crippen LogP contribution >= 0.6 is 0 Å². The number of rotatable bonds is 4. The minimum atomic E-state index is 0.644. The quantitative estimate of drug-likeness (QED) is 0.848. The first-order valence-corrected chi connectivity index (χ1v) is 8.31. The van der Waals surface area contributed by atoms with Crippen LogP contribution in [0.25, 0.3) is 0 Å². The molecule has 0 radical (unpaired) electrons. The molecule has 0 aromatic heterocycles. The van der Waals surface area contributed by atoms with E-state index in [2.05, 4.69) is 30.6 Å². The lowest BCUT2D eigenvalue weighted by molar-refractivity contribution is 0.0158. The highest BCUT2D eigenvalue weighted by Crippen LogP contribution is 2.29. The lowest BCUT2D eigenvalue weighted by atomic mass is 9.91. The summed E-state index contributed by atoms with van der Waals surface area (Å²) in [7, 11) is 0. The average molecular weight is 267 g/mol. The van der Waals surface area contributed by atoms with Gasteiger partial charge in [0.1, 0.15) is 0 Å². The molecular weight excluding hydrogens is 234 g/mol. The molecular formula is C16H33N3. The molecule has 3 heteroatoms. The summed E-state index contributed by atoms with van der Waals surface area (Å²) < 4.78 is 0. The molecule has 0 amide bonds. The first-order valence-electron chi connectivity index (χ1n) is 8.31. The highest BCUT2D eigenvalue weighted by Gasteiger charge is 2.34. The van der Waals surface area contributed by atoms with Crippen molar-refractivity contribution < 1.29 is 0 Å². The Morgan fingerprint density at radius 3 is 2.37 bits per heavy atom. The number of hydrogen-bond donors (Lipinski definition) is 1. The van der Waals surface area contributed by atoms with Crippen LogP contribution < -0.4 is 5.73 Å². The summed E-state index contributed by atoms with van der Waals surface area (Å²) in [6.45, 7) is 11.7. The van der Waals surface area contributed by atoms with Crippen LogP contribution in [0, 0.1) is 5.92 Å². The largest absolute Gasteiger partial charge is 0.329 e. The molecule has 2 fully saturated rings. The van der Waals surface area contributed by atoms with Crippen LogP contribution in [0.5, 0.6) is 0 Å². The van der Waals surface area contributed by atoms with Gasteiger partial charge < -0.3 is 10.6 Å². The van der Waals surface area contributed by atoms with Crippen molar-refractivity contribution in [1.82, 2.24) is 9.80 Å². The maximum atomic E-state index is 6.00. The third-order valence-corrected chi connectivity index (χ3v) is 4.96. The molecule has 2 N–H and O–H groups in total. The Labute approximate surface area is 119 Å². The summed E-state index contributed by atoms with van der Waals surface area (Å²) in [5, 5.41) is 0. The predicted molar refractivity (Wildman–Crippen MR) is 82.3 cm³/mol. The molecule has 0 aromatic rings. The van der Waals surface area contributed by atoms with Gasteiger partial charge >= 0.3 is 0 Å². The molecule has 19 heavy (non-hydrogen) atoms. The number of nitrogens with zero attached hydrogens (tertiary/aromatic N) is 2. The first kappa shape index (κ1) is 15.3. The standard InChI is InChI=1S/C16H33N3/c1-13(2)12-18-9-7-15(8-10-18)19-14(3)5-4-6-16(19)11-17/h13-16H,4-12,17H2,1-3H3. The minimum absolute atomic E-state index is 0.644. The zero-order valence-corrected chi connectivity index (χ0v) is 13.1. The average Bonchev–Trinajstić information content (AvgIpc) is 2.39. The van der Waals surface area contributed by atoms with Crippen molar-refractivity contribution in [1.29, 1.82) is 0 Å². The van der Waals surface area contributed by atoms with E-state index in [4.69, 9.17) is 5.73 Å². The van der Waals surface area contributed by atoms with Gasteiger partial charge in [-0.25, -0.2) is 0 Å². The molecule has 2 saturated heterocycles. The molecule has 0 aliphatic carbocycles. The maximum absolute atomic E-state index is 6.00. The molecule has 0 spiro atoms. The van der Waals surface area contributed by atoms with Gasteiger partial charge in [-0.05, 0) is 51.6 Å². The Morgan fingerprint density at radius 2 is 1.79 bits per heavy atom. The van der Waals surface area contributed by atoms with E-state index in [-0.39, 0.29) is 0 Å². The third kappa shape index (κ3) is 3.93. The molecule has 2 aliphatic rings. The van der Waals surface area contributed by atoms with Gasteiger partial charge in [-0.1, -0.05) is 20.3 Å². The van der Waals surface area contributed by atoms with Crippen LogP contribution in [-0.2, 0) is 0 Å². The summed E-state index contributed by atoms with van der Waals surface area (Å²) in [5.41, 5.74) is 6.00. The van der Waals surface area contributed by atoms with Crippen LogP contribution in [0.1, 0.15) is 52.9 Å². The van der Waals surface area contributed by atoms with Crippen molar-refractivity contribution in [2.45, 2.75) is 71.0 Å². The molecule has 0 aromatic carbocycles. The van der Waals surface area contributed by atoms with E-state index in [9.17, 15) is 0 Å². The van der Waals surface area contributed by atoms with E-state index in [1.807, 2.05) is 0 Å². The van der Waals surface area contributed by atoms with Crippen LogP contribution in [0.3, 0.4) is 0 Å². The Balaban J connectivity index is 1.88. The number of hydrogen-bond acceptors (Lipinski definition) is 3. The van der Waals surface area contributed by atoms with Gasteiger partial charge in [0.15, 0.2) is 0 Å². The van der Waals surface area contributed by atoms with Gasteiger partial charge in [0, 0.05) is 31.2 Å². The van der Waals surface area contributed by atoms with Crippen molar-refractivity contribution in [2.75, 3.05) is 26.2 Å². The van der Waals surface area contributed by atoms with Crippen LogP contribution in [0.4, 0.5) is 0 Å². The zero-order valence-electron chi connectivity index (χ0n) is 13.1. The highest BCUT2D eigenvalue weighted by atomic mass is 15.2. The van der Waals surface area contributed by atoms with E-state index < -0.39 is 0 Å². The van der Waals surface area contributed by atoms with E-state index in [0.717, 1.165) is 24.5 Å². The highest BCUT2D eigenvalue weighted by molar-refractivity contribution is 4.90. The molecule has 2 atom stereocenters. The molecule has 2 aliphatic heterocycles. The van der Waals surface area contributed by atoms with Crippen molar-refractivity contribution in [3.63, 3.8) is 0 Å². The van der Waals surface area contributed by atoms with Crippen LogP contribution in [0.2, 0.25) is 0 Å². The molecule has 3 nitrogen and oxygen atoms in total. The molecule has 2 unspecified atom stereocenters. The van der Waals surface area contributed by atoms with Crippen molar-refractivity contribution in [3.05, 3.63) is 0 Å². The maximum Gasteiger partial charge on any atom is 0.0224 e.